The maximum atomic E-state index is 11.9. The van der Waals surface area contributed by atoms with E-state index in [2.05, 4.69) is 0 Å². The minimum absolute atomic E-state index is 0.0324. The fourth-order valence-corrected chi connectivity index (χ4v) is 2.28. The van der Waals surface area contributed by atoms with Crippen molar-refractivity contribution in [2.75, 3.05) is 13.1 Å². The van der Waals surface area contributed by atoms with Gasteiger partial charge in [0.25, 0.3) is 0 Å². The van der Waals surface area contributed by atoms with E-state index in [-0.39, 0.29) is 11.7 Å². The predicted octanol–water partition coefficient (Wildman–Crippen LogP) is -0.811. The minimum Gasteiger partial charge on any atom is -0.427 e. The summed E-state index contributed by atoms with van der Waals surface area (Å²) < 4.78 is 0. The molecule has 2 aliphatic rings. The van der Waals surface area contributed by atoms with Gasteiger partial charge in [0.05, 0.1) is 6.04 Å². The van der Waals surface area contributed by atoms with Gasteiger partial charge in [-0.1, -0.05) is 12.8 Å². The van der Waals surface area contributed by atoms with Gasteiger partial charge in [0, 0.05) is 18.9 Å². The fraction of sp³-hybridized carbons (Fsp3) is 0.900. The molecule has 2 rings (SSSR count). The molecular weight excluding hydrogens is 207 g/mol. The van der Waals surface area contributed by atoms with Crippen LogP contribution in [0.3, 0.4) is 0 Å². The van der Waals surface area contributed by atoms with E-state index in [1.54, 1.807) is 4.90 Å². The third-order valence-corrected chi connectivity index (χ3v) is 3.56. The smallest absolute Gasteiger partial charge is 0.427 e. The van der Waals surface area contributed by atoms with Crippen LogP contribution in [0.1, 0.15) is 25.7 Å². The largest absolute Gasteiger partial charge is 0.456 e. The van der Waals surface area contributed by atoms with E-state index in [4.69, 9.17) is 15.8 Å². The molecule has 90 valence electrons. The van der Waals surface area contributed by atoms with Gasteiger partial charge in [-0.05, 0) is 18.8 Å². The van der Waals surface area contributed by atoms with Crippen LogP contribution in [0.5, 0.6) is 0 Å². The summed E-state index contributed by atoms with van der Waals surface area (Å²) >= 11 is 0. The molecule has 0 bridgehead atoms. The molecule has 1 amide bonds. The van der Waals surface area contributed by atoms with Gasteiger partial charge in [-0.3, -0.25) is 4.79 Å². The molecule has 0 aromatic carbocycles. The normalized spacial score (nSPS) is 26.9. The molecule has 2 unspecified atom stereocenters. The zero-order valence-corrected chi connectivity index (χ0v) is 9.38. The number of likely N-dealkylation sites (tertiary alicyclic amines) is 1. The van der Waals surface area contributed by atoms with Crippen molar-refractivity contribution >= 4 is 13.0 Å². The van der Waals surface area contributed by atoms with Crippen molar-refractivity contribution < 1.29 is 14.8 Å². The molecule has 16 heavy (non-hydrogen) atoms. The van der Waals surface area contributed by atoms with Crippen LogP contribution in [0, 0.1) is 5.92 Å². The molecule has 0 radical (unpaired) electrons. The van der Waals surface area contributed by atoms with Crippen LogP contribution in [0.2, 0.25) is 5.82 Å². The highest BCUT2D eigenvalue weighted by Gasteiger charge is 2.36. The van der Waals surface area contributed by atoms with Crippen molar-refractivity contribution in [1.82, 2.24) is 4.90 Å². The number of nitrogens with zero attached hydrogens (tertiary/aromatic N) is 1. The van der Waals surface area contributed by atoms with Gasteiger partial charge in [0.1, 0.15) is 0 Å². The average Bonchev–Trinajstić information content (AvgIpc) is 2.91. The van der Waals surface area contributed by atoms with Crippen LogP contribution >= 0.6 is 0 Å². The van der Waals surface area contributed by atoms with E-state index in [0.29, 0.717) is 25.4 Å². The van der Waals surface area contributed by atoms with Gasteiger partial charge >= 0.3 is 7.12 Å². The molecule has 1 saturated heterocycles. The number of amides is 1. The topological polar surface area (TPSA) is 86.8 Å². The zero-order valence-electron chi connectivity index (χ0n) is 9.38. The molecule has 4 N–H and O–H groups in total. The Morgan fingerprint density at radius 3 is 2.62 bits per heavy atom. The number of nitrogens with two attached hydrogens (primary N) is 1. The quantitative estimate of drug-likeness (QED) is 0.547. The number of rotatable bonds is 4. The number of carbonyl (C=O) groups is 1. The average molecular weight is 226 g/mol. The Hall–Kier alpha value is -0.585. The first-order chi connectivity index (χ1) is 7.58. The monoisotopic (exact) mass is 226 g/mol. The summed E-state index contributed by atoms with van der Waals surface area (Å²) in [6.07, 6.45) is 3.82. The van der Waals surface area contributed by atoms with Crippen molar-refractivity contribution in [3.05, 3.63) is 0 Å². The molecular formula is C10H19BN2O3. The third-order valence-electron chi connectivity index (χ3n) is 3.56. The first kappa shape index (κ1) is 11.9. The van der Waals surface area contributed by atoms with E-state index in [1.807, 2.05) is 0 Å². The lowest BCUT2D eigenvalue weighted by Crippen LogP contribution is -2.43. The van der Waals surface area contributed by atoms with Crippen LogP contribution in [-0.4, -0.2) is 47.1 Å². The van der Waals surface area contributed by atoms with E-state index < -0.39 is 13.2 Å². The number of carbonyl (C=O) groups excluding carboxylic acids is 1. The summed E-state index contributed by atoms with van der Waals surface area (Å²) in [7, 11) is -1.32. The molecule has 1 aliphatic carbocycles. The van der Waals surface area contributed by atoms with Gasteiger partial charge in [-0.15, -0.1) is 0 Å². The van der Waals surface area contributed by atoms with Crippen molar-refractivity contribution in [2.45, 2.75) is 37.5 Å². The van der Waals surface area contributed by atoms with Crippen LogP contribution in [0.4, 0.5) is 0 Å². The summed E-state index contributed by atoms with van der Waals surface area (Å²) in [5.41, 5.74) is 5.84. The highest BCUT2D eigenvalue weighted by Crippen LogP contribution is 2.33. The van der Waals surface area contributed by atoms with Crippen LogP contribution in [0.15, 0.2) is 0 Å². The molecule has 1 aliphatic heterocycles. The van der Waals surface area contributed by atoms with E-state index >= 15 is 0 Å². The molecule has 2 atom stereocenters. The van der Waals surface area contributed by atoms with E-state index in [0.717, 1.165) is 6.42 Å². The SMILES string of the molecule is NC(CC1CC1)C(=O)N1CCC(B(O)O)C1. The summed E-state index contributed by atoms with van der Waals surface area (Å²) in [5, 5.41) is 18.1. The Balaban J connectivity index is 1.80. The molecule has 0 aromatic rings. The lowest BCUT2D eigenvalue weighted by atomic mass is 9.72. The Bertz CT molecular complexity index is 271. The van der Waals surface area contributed by atoms with Crippen molar-refractivity contribution in [1.29, 1.82) is 0 Å². The van der Waals surface area contributed by atoms with Crippen LogP contribution < -0.4 is 5.73 Å². The Kier molecular flexibility index (Phi) is 3.52. The summed E-state index contributed by atoms with van der Waals surface area (Å²) in [6, 6.07) is -0.401. The van der Waals surface area contributed by atoms with E-state index in [1.165, 1.54) is 12.8 Å². The summed E-state index contributed by atoms with van der Waals surface area (Å²) in [6.45, 7) is 1.02. The Morgan fingerprint density at radius 2 is 2.12 bits per heavy atom. The van der Waals surface area contributed by atoms with Gasteiger partial charge in [-0.25, -0.2) is 0 Å². The standard InChI is InChI=1S/C10H19BN2O3/c12-9(5-7-1-2-7)10(14)13-4-3-8(6-13)11(15)16/h7-9,15-16H,1-6,12H2. The van der Waals surface area contributed by atoms with Crippen molar-refractivity contribution in [3.63, 3.8) is 0 Å². The zero-order chi connectivity index (χ0) is 11.7. The first-order valence-corrected chi connectivity index (χ1v) is 5.98. The first-order valence-electron chi connectivity index (χ1n) is 5.98. The van der Waals surface area contributed by atoms with Crippen LogP contribution in [-0.2, 0) is 4.79 Å². The highest BCUT2D eigenvalue weighted by atomic mass is 16.4. The van der Waals surface area contributed by atoms with Gasteiger partial charge in [-0.2, -0.15) is 0 Å². The molecule has 0 aromatic heterocycles. The molecule has 2 fully saturated rings. The van der Waals surface area contributed by atoms with Gasteiger partial charge in [0.15, 0.2) is 0 Å². The lowest BCUT2D eigenvalue weighted by molar-refractivity contribution is -0.131. The lowest BCUT2D eigenvalue weighted by Gasteiger charge is -2.20. The fourth-order valence-electron chi connectivity index (χ4n) is 2.28. The maximum Gasteiger partial charge on any atom is 0.456 e. The second-order valence-corrected chi connectivity index (χ2v) is 5.03. The highest BCUT2D eigenvalue weighted by molar-refractivity contribution is 6.43. The number of hydrogen-bond donors (Lipinski definition) is 3. The van der Waals surface area contributed by atoms with E-state index in [9.17, 15) is 4.79 Å². The second-order valence-electron chi connectivity index (χ2n) is 5.03. The molecule has 0 spiro atoms. The Labute approximate surface area is 95.8 Å². The van der Waals surface area contributed by atoms with Gasteiger partial charge < -0.3 is 20.7 Å². The molecule has 1 saturated carbocycles. The summed E-state index contributed by atoms with van der Waals surface area (Å²) in [4.78, 5) is 13.6. The van der Waals surface area contributed by atoms with Crippen molar-refractivity contribution in [3.8, 4) is 0 Å². The predicted molar refractivity (Wildman–Crippen MR) is 60.5 cm³/mol. The minimum atomic E-state index is -1.32. The number of hydrogen-bond acceptors (Lipinski definition) is 4. The third kappa shape index (κ3) is 2.75. The Morgan fingerprint density at radius 1 is 1.44 bits per heavy atom. The van der Waals surface area contributed by atoms with Gasteiger partial charge in [0.2, 0.25) is 5.91 Å². The molecule has 1 heterocycles. The van der Waals surface area contributed by atoms with Crippen LogP contribution in [0.25, 0.3) is 0 Å². The second kappa shape index (κ2) is 4.73. The van der Waals surface area contributed by atoms with Crippen molar-refractivity contribution in [2.24, 2.45) is 11.7 Å². The maximum absolute atomic E-state index is 11.9. The molecule has 5 nitrogen and oxygen atoms in total. The molecule has 6 heteroatoms. The summed E-state index contributed by atoms with van der Waals surface area (Å²) in [5.74, 6) is 0.396.